The number of aromatic nitrogens is 3. The van der Waals surface area contributed by atoms with E-state index in [2.05, 4.69) is 20.3 Å². The number of nitrogens with one attached hydrogen (secondary N) is 1. The second-order valence-corrected chi connectivity index (χ2v) is 5.87. The fourth-order valence-electron chi connectivity index (χ4n) is 2.45. The van der Waals surface area contributed by atoms with Crippen molar-refractivity contribution in [3.63, 3.8) is 0 Å². The Kier molecular flexibility index (Phi) is 4.88. The highest BCUT2D eigenvalue weighted by Gasteiger charge is 2.30. The number of alkyl halides is 3. The van der Waals surface area contributed by atoms with E-state index in [-0.39, 0.29) is 6.54 Å². The lowest BCUT2D eigenvalue weighted by atomic mass is 10.1. The van der Waals surface area contributed by atoms with Crippen molar-refractivity contribution < 1.29 is 13.2 Å². The minimum Gasteiger partial charge on any atom is -0.366 e. The van der Waals surface area contributed by atoms with Crippen LogP contribution in [0.25, 0.3) is 11.5 Å². The molecule has 4 nitrogen and oxygen atoms in total. The number of hydrogen-bond donors (Lipinski definition) is 1. The van der Waals surface area contributed by atoms with Gasteiger partial charge in [-0.25, -0.2) is 9.97 Å². The summed E-state index contributed by atoms with van der Waals surface area (Å²) in [4.78, 5) is 13.2. The molecule has 0 aliphatic heterocycles. The summed E-state index contributed by atoms with van der Waals surface area (Å²) < 4.78 is 38.5. The van der Waals surface area contributed by atoms with Gasteiger partial charge in [0.25, 0.3) is 0 Å². The van der Waals surface area contributed by atoms with Crippen LogP contribution in [0, 0.1) is 13.8 Å². The first-order chi connectivity index (χ1) is 12.3. The van der Waals surface area contributed by atoms with E-state index in [1.54, 1.807) is 24.4 Å². The lowest BCUT2D eigenvalue weighted by Crippen LogP contribution is -2.09. The summed E-state index contributed by atoms with van der Waals surface area (Å²) in [5.41, 5.74) is 2.12. The molecule has 0 saturated carbocycles. The first-order valence-electron chi connectivity index (χ1n) is 8.01. The number of benzene rings is 1. The van der Waals surface area contributed by atoms with Crippen LogP contribution in [0.2, 0.25) is 0 Å². The molecular formula is C19H17F3N4. The first-order valence-corrected chi connectivity index (χ1v) is 8.01. The Morgan fingerprint density at radius 2 is 1.81 bits per heavy atom. The van der Waals surface area contributed by atoms with Crippen molar-refractivity contribution in [3.8, 4) is 11.5 Å². The van der Waals surface area contributed by atoms with Gasteiger partial charge in [0.05, 0.1) is 5.56 Å². The molecule has 2 heterocycles. The monoisotopic (exact) mass is 358 g/mol. The highest BCUT2D eigenvalue weighted by molar-refractivity contribution is 5.56. The molecule has 0 amide bonds. The third-order valence-electron chi connectivity index (χ3n) is 4.00. The van der Waals surface area contributed by atoms with Gasteiger partial charge in [-0.3, -0.25) is 4.98 Å². The molecule has 3 aromatic rings. The van der Waals surface area contributed by atoms with Crippen LogP contribution in [0.15, 0.2) is 48.7 Å². The van der Waals surface area contributed by atoms with Gasteiger partial charge in [0.1, 0.15) is 11.5 Å². The molecule has 0 radical (unpaired) electrons. The average molecular weight is 358 g/mol. The Bertz CT molecular complexity index is 908. The minimum absolute atomic E-state index is 0.225. The smallest absolute Gasteiger partial charge is 0.366 e. The summed E-state index contributed by atoms with van der Waals surface area (Å²) in [5.74, 6) is 1.05. The molecule has 2 aromatic heterocycles. The van der Waals surface area contributed by atoms with Crippen LogP contribution in [0.3, 0.4) is 0 Å². The Balaban J connectivity index is 1.85. The number of nitrogens with zero attached hydrogens (tertiary/aromatic N) is 3. The minimum atomic E-state index is -4.36. The molecule has 7 heteroatoms. The predicted octanol–water partition coefficient (Wildman–Crippen LogP) is 4.79. The molecule has 134 valence electrons. The van der Waals surface area contributed by atoms with Crippen LogP contribution < -0.4 is 5.32 Å². The highest BCUT2D eigenvalue weighted by atomic mass is 19.4. The van der Waals surface area contributed by atoms with Crippen molar-refractivity contribution >= 4 is 5.82 Å². The second-order valence-electron chi connectivity index (χ2n) is 5.87. The molecule has 0 atom stereocenters. The number of pyridine rings is 1. The lowest BCUT2D eigenvalue weighted by molar-refractivity contribution is -0.137. The fourth-order valence-corrected chi connectivity index (χ4v) is 2.45. The van der Waals surface area contributed by atoms with Crippen LogP contribution in [-0.2, 0) is 12.7 Å². The molecule has 3 rings (SSSR count). The maximum atomic E-state index is 12.8. The van der Waals surface area contributed by atoms with E-state index >= 15 is 0 Å². The summed E-state index contributed by atoms with van der Waals surface area (Å²) in [5, 5.41) is 3.11. The molecule has 0 bridgehead atoms. The Morgan fingerprint density at radius 1 is 1.00 bits per heavy atom. The van der Waals surface area contributed by atoms with E-state index in [0.29, 0.717) is 22.9 Å². The van der Waals surface area contributed by atoms with E-state index in [4.69, 9.17) is 0 Å². The van der Waals surface area contributed by atoms with Gasteiger partial charge in [0.15, 0.2) is 5.82 Å². The van der Waals surface area contributed by atoms with Crippen molar-refractivity contribution in [2.45, 2.75) is 26.6 Å². The predicted molar refractivity (Wildman–Crippen MR) is 93.5 cm³/mol. The third-order valence-corrected chi connectivity index (χ3v) is 4.00. The third kappa shape index (κ3) is 3.99. The molecule has 0 aliphatic rings. The number of anilines is 1. The van der Waals surface area contributed by atoms with Gasteiger partial charge in [0, 0.05) is 24.0 Å². The molecule has 0 fully saturated rings. The molecule has 0 saturated heterocycles. The zero-order chi connectivity index (χ0) is 18.7. The van der Waals surface area contributed by atoms with Crippen LogP contribution >= 0.6 is 0 Å². The zero-order valence-electron chi connectivity index (χ0n) is 14.3. The number of hydrogen-bond acceptors (Lipinski definition) is 4. The molecule has 0 unspecified atom stereocenters. The van der Waals surface area contributed by atoms with Gasteiger partial charge in [-0.2, -0.15) is 13.2 Å². The van der Waals surface area contributed by atoms with Gasteiger partial charge >= 0.3 is 6.18 Å². The van der Waals surface area contributed by atoms with Crippen LogP contribution in [0.5, 0.6) is 0 Å². The van der Waals surface area contributed by atoms with Crippen molar-refractivity contribution in [3.05, 3.63) is 71.0 Å². The van der Waals surface area contributed by atoms with Gasteiger partial charge < -0.3 is 5.32 Å². The Labute approximate surface area is 149 Å². The quantitative estimate of drug-likeness (QED) is 0.729. The molecule has 1 N–H and O–H groups in total. The van der Waals surface area contributed by atoms with Crippen molar-refractivity contribution in [1.82, 2.24) is 15.0 Å². The average Bonchev–Trinajstić information content (AvgIpc) is 2.63. The molecule has 26 heavy (non-hydrogen) atoms. The van der Waals surface area contributed by atoms with Gasteiger partial charge in [-0.15, -0.1) is 0 Å². The molecule has 0 spiro atoms. The summed E-state index contributed by atoms with van der Waals surface area (Å²) >= 11 is 0. The zero-order valence-corrected chi connectivity index (χ0v) is 14.3. The maximum absolute atomic E-state index is 12.8. The van der Waals surface area contributed by atoms with Crippen LogP contribution in [0.4, 0.5) is 19.0 Å². The van der Waals surface area contributed by atoms with Gasteiger partial charge in [-0.05, 0) is 43.7 Å². The summed E-state index contributed by atoms with van der Waals surface area (Å²) in [7, 11) is 0. The topological polar surface area (TPSA) is 50.7 Å². The molecule has 0 aliphatic carbocycles. The van der Waals surface area contributed by atoms with Crippen molar-refractivity contribution in [2.24, 2.45) is 0 Å². The standard InChI is InChI=1S/C19H17F3N4/c1-12-13(2)25-18(16-8-3-4-9-23-16)26-17(12)24-11-14-6-5-7-15(10-14)19(20,21)22/h3-10H,11H2,1-2H3,(H,24,25,26). The maximum Gasteiger partial charge on any atom is 0.416 e. The van der Waals surface area contributed by atoms with E-state index in [0.717, 1.165) is 23.4 Å². The van der Waals surface area contributed by atoms with E-state index in [1.807, 2.05) is 19.9 Å². The number of halogens is 3. The number of aryl methyl sites for hydroxylation is 1. The van der Waals surface area contributed by atoms with E-state index < -0.39 is 11.7 Å². The van der Waals surface area contributed by atoms with Crippen LogP contribution in [-0.4, -0.2) is 15.0 Å². The Hall–Kier alpha value is -2.96. The fraction of sp³-hybridized carbons (Fsp3) is 0.211. The largest absolute Gasteiger partial charge is 0.416 e. The summed E-state index contributed by atoms with van der Waals surface area (Å²) in [6.07, 6.45) is -2.70. The normalized spacial score (nSPS) is 11.4. The second kappa shape index (κ2) is 7.11. The van der Waals surface area contributed by atoms with E-state index in [9.17, 15) is 13.2 Å². The summed E-state index contributed by atoms with van der Waals surface area (Å²) in [6, 6.07) is 10.7. The number of rotatable bonds is 4. The lowest BCUT2D eigenvalue weighted by Gasteiger charge is -2.13. The van der Waals surface area contributed by atoms with Crippen LogP contribution in [0.1, 0.15) is 22.4 Å². The Morgan fingerprint density at radius 3 is 2.50 bits per heavy atom. The highest BCUT2D eigenvalue weighted by Crippen LogP contribution is 2.29. The first kappa shape index (κ1) is 17.8. The van der Waals surface area contributed by atoms with Crippen molar-refractivity contribution in [1.29, 1.82) is 0 Å². The van der Waals surface area contributed by atoms with Crippen molar-refractivity contribution in [2.75, 3.05) is 5.32 Å². The molecular weight excluding hydrogens is 341 g/mol. The van der Waals surface area contributed by atoms with Gasteiger partial charge in [-0.1, -0.05) is 18.2 Å². The van der Waals surface area contributed by atoms with Gasteiger partial charge in [0.2, 0.25) is 0 Å². The molecule has 1 aromatic carbocycles. The summed E-state index contributed by atoms with van der Waals surface area (Å²) in [6.45, 7) is 3.95. The SMILES string of the molecule is Cc1nc(-c2ccccn2)nc(NCc2cccc(C(F)(F)F)c2)c1C. The van der Waals surface area contributed by atoms with E-state index in [1.165, 1.54) is 6.07 Å².